The number of carbonyl (C=O) groups excluding carboxylic acids is 2. The van der Waals surface area contributed by atoms with E-state index >= 15 is 0 Å². The third kappa shape index (κ3) is 5.07. The topological polar surface area (TPSA) is 131 Å². The lowest BCUT2D eigenvalue weighted by molar-refractivity contribution is 0.0846. The summed E-state index contributed by atoms with van der Waals surface area (Å²) in [6.07, 6.45) is 0.0915. The van der Waals surface area contributed by atoms with E-state index in [1.54, 1.807) is 56.0 Å². The number of hydrogen-bond acceptors (Lipinski definition) is 7. The molecule has 1 aromatic heterocycles. The fourth-order valence-electron chi connectivity index (χ4n) is 4.57. The fraction of sp³-hybridized carbons (Fsp3) is 0.400. The summed E-state index contributed by atoms with van der Waals surface area (Å²) in [7, 11) is -3.89. The van der Waals surface area contributed by atoms with E-state index < -0.39 is 10.0 Å². The first-order chi connectivity index (χ1) is 17.1. The maximum atomic E-state index is 13.5. The van der Waals surface area contributed by atoms with Crippen LogP contribution >= 0.6 is 0 Å². The van der Waals surface area contributed by atoms with E-state index in [9.17, 15) is 18.0 Å². The lowest BCUT2D eigenvalue weighted by atomic mass is 9.95. The molecular weight excluding hydrogens is 484 g/mol. The number of fused-ring (bicyclic) bond motifs is 1. The van der Waals surface area contributed by atoms with Crippen molar-refractivity contribution in [1.29, 1.82) is 0 Å². The van der Waals surface area contributed by atoms with Gasteiger partial charge in [-0.3, -0.25) is 4.79 Å². The van der Waals surface area contributed by atoms with Gasteiger partial charge in [0, 0.05) is 35.6 Å². The van der Waals surface area contributed by atoms with Crippen molar-refractivity contribution in [3.05, 3.63) is 53.4 Å². The van der Waals surface area contributed by atoms with Crippen LogP contribution in [-0.2, 0) is 14.8 Å². The van der Waals surface area contributed by atoms with Crippen LogP contribution in [0.1, 0.15) is 42.1 Å². The zero-order chi connectivity index (χ0) is 26.0. The molecule has 1 aliphatic rings. The minimum atomic E-state index is -3.89. The Morgan fingerprint density at radius 2 is 1.89 bits per heavy atom. The van der Waals surface area contributed by atoms with Gasteiger partial charge in [0.05, 0.1) is 17.2 Å². The molecule has 10 nitrogen and oxygen atoms in total. The average molecular weight is 515 g/mol. The highest BCUT2D eigenvalue weighted by Gasteiger charge is 2.33. The Balaban J connectivity index is 1.58. The number of aryl methyl sites for hydroxylation is 2. The number of benzene rings is 2. The molecule has 1 saturated heterocycles. The fourth-order valence-corrected chi connectivity index (χ4v) is 6.16. The van der Waals surface area contributed by atoms with Crippen LogP contribution in [0.15, 0.2) is 45.8 Å². The largest absolute Gasteiger partial charge is 0.450 e. The number of amides is 2. The Kier molecular flexibility index (Phi) is 7.32. The highest BCUT2D eigenvalue weighted by Crippen LogP contribution is 2.31. The quantitative estimate of drug-likeness (QED) is 0.511. The molecule has 1 aliphatic heterocycles. The molecular formula is C25H30N4O6S. The van der Waals surface area contributed by atoms with Gasteiger partial charge in [-0.25, -0.2) is 17.9 Å². The number of carbonyl (C=O) groups is 2. The number of hydrogen-bond donors (Lipinski definition) is 2. The van der Waals surface area contributed by atoms with E-state index in [-0.39, 0.29) is 28.9 Å². The smallest absolute Gasteiger partial charge is 0.409 e. The molecule has 2 atom stereocenters. The Hall–Kier alpha value is -3.44. The third-order valence-electron chi connectivity index (χ3n) is 6.42. The summed E-state index contributed by atoms with van der Waals surface area (Å²) >= 11 is 0. The molecule has 2 amide bonds. The zero-order valence-electron chi connectivity index (χ0n) is 20.7. The molecule has 36 heavy (non-hydrogen) atoms. The molecule has 0 radical (unpaired) electrons. The number of rotatable bonds is 6. The lowest BCUT2D eigenvalue weighted by Crippen LogP contribution is -2.51. The maximum Gasteiger partial charge on any atom is 0.409 e. The number of anilines is 1. The van der Waals surface area contributed by atoms with Crippen molar-refractivity contribution in [2.45, 2.75) is 45.1 Å². The molecule has 2 N–H and O–H groups in total. The highest BCUT2D eigenvalue weighted by atomic mass is 32.2. The number of likely N-dealkylation sites (tertiary alicyclic amines) is 1. The van der Waals surface area contributed by atoms with Crippen molar-refractivity contribution >= 4 is 38.5 Å². The van der Waals surface area contributed by atoms with Crippen molar-refractivity contribution in [1.82, 2.24) is 14.8 Å². The predicted molar refractivity (Wildman–Crippen MR) is 134 cm³/mol. The number of aromatic nitrogens is 1. The minimum absolute atomic E-state index is 0.0993. The zero-order valence-corrected chi connectivity index (χ0v) is 21.5. The van der Waals surface area contributed by atoms with E-state index in [1.807, 2.05) is 6.92 Å². The number of nitrogens with zero attached hydrogens (tertiary/aromatic N) is 2. The van der Waals surface area contributed by atoms with E-state index in [1.165, 1.54) is 6.07 Å². The van der Waals surface area contributed by atoms with Gasteiger partial charge in [0.25, 0.3) is 5.91 Å². The van der Waals surface area contributed by atoms with E-state index in [2.05, 4.69) is 15.2 Å². The first-order valence-corrected chi connectivity index (χ1v) is 13.3. The maximum absolute atomic E-state index is 13.5. The number of nitrogens with one attached hydrogen (secondary N) is 2. The Morgan fingerprint density at radius 3 is 2.53 bits per heavy atom. The monoisotopic (exact) mass is 514 g/mol. The first kappa shape index (κ1) is 25.6. The van der Waals surface area contributed by atoms with Crippen LogP contribution in [0.5, 0.6) is 0 Å². The van der Waals surface area contributed by atoms with Gasteiger partial charge in [-0.1, -0.05) is 36.3 Å². The van der Waals surface area contributed by atoms with Crippen molar-refractivity contribution in [3.8, 4) is 0 Å². The van der Waals surface area contributed by atoms with Crippen LogP contribution in [-0.4, -0.2) is 56.2 Å². The summed E-state index contributed by atoms with van der Waals surface area (Å²) in [6.45, 7) is 8.10. The van der Waals surface area contributed by atoms with Crippen molar-refractivity contribution in [3.63, 3.8) is 0 Å². The Labute approximate surface area is 210 Å². The summed E-state index contributed by atoms with van der Waals surface area (Å²) in [4.78, 5) is 26.6. The summed E-state index contributed by atoms with van der Waals surface area (Å²) in [5.41, 5.74) is 1.30. The van der Waals surface area contributed by atoms with Gasteiger partial charge >= 0.3 is 6.09 Å². The summed E-state index contributed by atoms with van der Waals surface area (Å²) in [5, 5.41) is 7.75. The summed E-state index contributed by atoms with van der Waals surface area (Å²) in [6, 6.07) is 9.75. The molecule has 0 saturated carbocycles. The molecule has 3 aromatic rings. The van der Waals surface area contributed by atoms with Crippen LogP contribution in [0.2, 0.25) is 0 Å². The number of sulfonamides is 1. The molecule has 0 bridgehead atoms. The van der Waals surface area contributed by atoms with Crippen LogP contribution < -0.4 is 10.0 Å². The minimum Gasteiger partial charge on any atom is -0.450 e. The number of piperidine rings is 1. The van der Waals surface area contributed by atoms with E-state index in [0.717, 1.165) is 0 Å². The van der Waals surface area contributed by atoms with Gasteiger partial charge in [0.15, 0.2) is 0 Å². The second-order valence-corrected chi connectivity index (χ2v) is 10.6. The first-order valence-electron chi connectivity index (χ1n) is 11.8. The molecule has 1 fully saturated rings. The van der Waals surface area contributed by atoms with Crippen molar-refractivity contribution in [2.24, 2.45) is 5.92 Å². The van der Waals surface area contributed by atoms with Crippen LogP contribution in [0.3, 0.4) is 0 Å². The molecule has 11 heteroatoms. The van der Waals surface area contributed by atoms with Crippen molar-refractivity contribution in [2.75, 3.05) is 25.0 Å². The van der Waals surface area contributed by atoms with Gasteiger partial charge in [-0.2, -0.15) is 0 Å². The summed E-state index contributed by atoms with van der Waals surface area (Å²) in [5.74, 6) is -0.0778. The highest BCUT2D eigenvalue weighted by molar-refractivity contribution is 7.89. The van der Waals surface area contributed by atoms with Gasteiger partial charge in [0.2, 0.25) is 10.0 Å². The van der Waals surface area contributed by atoms with Gasteiger partial charge in [0.1, 0.15) is 11.3 Å². The normalized spacial score (nSPS) is 18.3. The Morgan fingerprint density at radius 1 is 1.17 bits per heavy atom. The molecule has 2 heterocycles. The van der Waals surface area contributed by atoms with Gasteiger partial charge in [-0.05, 0) is 45.2 Å². The van der Waals surface area contributed by atoms with Crippen LogP contribution in [0, 0.1) is 19.8 Å². The molecule has 0 aliphatic carbocycles. The predicted octanol–water partition coefficient (Wildman–Crippen LogP) is 3.84. The van der Waals surface area contributed by atoms with Gasteiger partial charge in [-0.15, -0.1) is 0 Å². The average Bonchev–Trinajstić information content (AvgIpc) is 3.18. The van der Waals surface area contributed by atoms with Crippen LogP contribution in [0.4, 0.5) is 10.5 Å². The lowest BCUT2D eigenvalue weighted by Gasteiger charge is -2.36. The second kappa shape index (κ2) is 10.3. The SMILES string of the molecule is CCOC(=O)N1CC[C@H](NS(=O)(=O)c2ccc(NC(=O)c3c(C)noc3C)c3ccccc23)[C@H](C)C1. The standard InChI is InChI=1S/C25H30N4O6S/c1-5-34-25(31)29-13-12-20(15(2)14-29)28-36(32,33)22-11-10-21(18-8-6-7-9-19(18)22)26-24(30)23-16(3)27-35-17(23)4/h6-11,15,20,28H,5,12-14H2,1-4H3,(H,26,30)/t15-,20+/m1/s1. The molecule has 2 aromatic carbocycles. The van der Waals surface area contributed by atoms with E-state index in [0.29, 0.717) is 59.6 Å². The molecule has 0 spiro atoms. The van der Waals surface area contributed by atoms with Crippen LogP contribution in [0.25, 0.3) is 10.8 Å². The van der Waals surface area contributed by atoms with Crippen molar-refractivity contribution < 1.29 is 27.3 Å². The summed E-state index contributed by atoms with van der Waals surface area (Å²) < 4.78 is 39.9. The molecule has 4 rings (SSSR count). The second-order valence-electron chi connectivity index (χ2n) is 8.95. The Bertz CT molecular complexity index is 1380. The molecule has 192 valence electrons. The van der Waals surface area contributed by atoms with E-state index in [4.69, 9.17) is 9.26 Å². The molecule has 0 unspecified atom stereocenters. The number of ether oxygens (including phenoxy) is 1. The van der Waals surface area contributed by atoms with Gasteiger partial charge < -0.3 is 19.5 Å². The third-order valence-corrected chi connectivity index (χ3v) is 7.97.